The smallest absolute Gasteiger partial charge is 0.237 e. The van der Waals surface area contributed by atoms with Crippen molar-refractivity contribution in [1.82, 2.24) is 14.4 Å². The number of hydrogen-bond acceptors (Lipinski definition) is 4. The number of nitrogens with zero attached hydrogens (tertiary/aromatic N) is 3. The molecule has 0 unspecified atom stereocenters. The lowest BCUT2D eigenvalue weighted by Gasteiger charge is -2.01. The normalized spacial score (nSPS) is 10.4. The first-order chi connectivity index (χ1) is 7.65. The van der Waals surface area contributed by atoms with Gasteiger partial charge in [-0.1, -0.05) is 6.58 Å². The quantitative estimate of drug-likeness (QED) is 0.573. The highest BCUT2D eigenvalue weighted by atomic mass is 16.5. The summed E-state index contributed by atoms with van der Waals surface area (Å²) >= 11 is 0. The van der Waals surface area contributed by atoms with Crippen LogP contribution < -0.4 is 4.74 Å². The lowest BCUT2D eigenvalue weighted by molar-refractivity contribution is -0.103. The Kier molecular flexibility index (Phi) is 2.44. The van der Waals surface area contributed by atoms with E-state index in [0.717, 1.165) is 5.69 Å². The highest BCUT2D eigenvalue weighted by Crippen LogP contribution is 2.16. The number of fused-ring (bicyclic) bond motifs is 1. The summed E-state index contributed by atoms with van der Waals surface area (Å²) in [7, 11) is 1.55. The third-order valence-electron chi connectivity index (χ3n) is 2.29. The van der Waals surface area contributed by atoms with Crippen molar-refractivity contribution in [3.63, 3.8) is 0 Å². The minimum absolute atomic E-state index is 0.337. The molecular formula is C11H11N3O2. The van der Waals surface area contributed by atoms with Gasteiger partial charge in [0.25, 0.3) is 0 Å². The average molecular weight is 217 g/mol. The predicted molar refractivity (Wildman–Crippen MR) is 59.4 cm³/mol. The monoisotopic (exact) mass is 217 g/mol. The molecule has 2 aromatic rings. The van der Waals surface area contributed by atoms with Crippen LogP contribution in [0.2, 0.25) is 0 Å². The van der Waals surface area contributed by atoms with Crippen LogP contribution in [-0.2, 0) is 4.79 Å². The molecule has 0 amide bonds. The standard InChI is InChI=1S/C11H11N3O2/c1-7(6-15)9-5-14-8(2)4-10(16-3)13-11(14)12-9/h4-6H,1H2,2-3H3. The summed E-state index contributed by atoms with van der Waals surface area (Å²) in [5.41, 5.74) is 1.79. The van der Waals surface area contributed by atoms with Gasteiger partial charge in [-0.2, -0.15) is 4.98 Å². The number of methoxy groups -OCH3 is 1. The van der Waals surface area contributed by atoms with Gasteiger partial charge in [0.1, 0.15) is 0 Å². The number of ether oxygens (including phenoxy) is 1. The summed E-state index contributed by atoms with van der Waals surface area (Å²) < 4.78 is 6.83. The van der Waals surface area contributed by atoms with Crippen LogP contribution in [0.3, 0.4) is 0 Å². The Hall–Kier alpha value is -2.17. The summed E-state index contributed by atoms with van der Waals surface area (Å²) in [4.78, 5) is 19.0. The highest BCUT2D eigenvalue weighted by Gasteiger charge is 2.08. The topological polar surface area (TPSA) is 56.5 Å². The maximum absolute atomic E-state index is 10.6. The number of aldehydes is 1. The number of hydrogen-bond donors (Lipinski definition) is 0. The van der Waals surface area contributed by atoms with Crippen LogP contribution in [0.5, 0.6) is 5.88 Å². The van der Waals surface area contributed by atoms with Crippen LogP contribution in [0, 0.1) is 6.92 Å². The van der Waals surface area contributed by atoms with E-state index in [-0.39, 0.29) is 0 Å². The molecule has 0 atom stereocenters. The van der Waals surface area contributed by atoms with Gasteiger partial charge in [0.2, 0.25) is 11.7 Å². The Bertz CT molecular complexity index is 572. The molecule has 0 aliphatic carbocycles. The average Bonchev–Trinajstić information content (AvgIpc) is 2.72. The summed E-state index contributed by atoms with van der Waals surface area (Å²) in [5.74, 6) is 0.994. The summed E-state index contributed by atoms with van der Waals surface area (Å²) in [6, 6.07) is 1.79. The van der Waals surface area contributed by atoms with Gasteiger partial charge in [-0.3, -0.25) is 9.20 Å². The van der Waals surface area contributed by atoms with Crippen LogP contribution in [0.4, 0.5) is 0 Å². The summed E-state index contributed by atoms with van der Waals surface area (Å²) in [5, 5.41) is 0. The van der Waals surface area contributed by atoms with Crippen molar-refractivity contribution in [1.29, 1.82) is 0 Å². The number of carbonyl (C=O) groups is 1. The number of carbonyl (C=O) groups excluding carboxylic acids is 1. The Morgan fingerprint density at radius 3 is 2.94 bits per heavy atom. The number of imidazole rings is 1. The van der Waals surface area contributed by atoms with E-state index in [0.29, 0.717) is 29.2 Å². The molecule has 82 valence electrons. The highest BCUT2D eigenvalue weighted by molar-refractivity contribution is 6.04. The Labute approximate surface area is 92.4 Å². The molecular weight excluding hydrogens is 206 g/mol. The molecule has 2 aromatic heterocycles. The van der Waals surface area contributed by atoms with E-state index in [9.17, 15) is 4.79 Å². The third kappa shape index (κ3) is 1.56. The maximum atomic E-state index is 10.6. The summed E-state index contributed by atoms with van der Waals surface area (Å²) in [6.45, 7) is 5.52. The predicted octanol–water partition coefficient (Wildman–Crippen LogP) is 1.26. The van der Waals surface area contributed by atoms with Crippen molar-refractivity contribution < 1.29 is 9.53 Å². The van der Waals surface area contributed by atoms with E-state index in [1.165, 1.54) is 0 Å². The fraction of sp³-hybridized carbons (Fsp3) is 0.182. The third-order valence-corrected chi connectivity index (χ3v) is 2.29. The fourth-order valence-electron chi connectivity index (χ4n) is 1.41. The molecule has 0 saturated heterocycles. The van der Waals surface area contributed by atoms with Crippen molar-refractivity contribution in [2.75, 3.05) is 7.11 Å². The fourth-order valence-corrected chi connectivity index (χ4v) is 1.41. The molecule has 2 rings (SSSR count). The van der Waals surface area contributed by atoms with E-state index < -0.39 is 0 Å². The van der Waals surface area contributed by atoms with Crippen molar-refractivity contribution in [2.45, 2.75) is 6.92 Å². The molecule has 0 spiro atoms. The minimum atomic E-state index is 0.337. The molecule has 0 aliphatic rings. The molecule has 0 radical (unpaired) electrons. The van der Waals surface area contributed by atoms with E-state index in [1.807, 2.05) is 6.92 Å². The zero-order valence-corrected chi connectivity index (χ0v) is 9.10. The molecule has 16 heavy (non-hydrogen) atoms. The van der Waals surface area contributed by atoms with Crippen LogP contribution in [0.25, 0.3) is 11.4 Å². The van der Waals surface area contributed by atoms with E-state index >= 15 is 0 Å². The number of aromatic nitrogens is 3. The number of rotatable bonds is 3. The molecule has 0 fully saturated rings. The van der Waals surface area contributed by atoms with Crippen LogP contribution >= 0.6 is 0 Å². The lowest BCUT2D eigenvalue weighted by Crippen LogP contribution is -1.96. The van der Waals surface area contributed by atoms with Gasteiger partial charge < -0.3 is 4.74 Å². The van der Waals surface area contributed by atoms with Crippen molar-refractivity contribution in [2.24, 2.45) is 0 Å². The van der Waals surface area contributed by atoms with Gasteiger partial charge in [-0.25, -0.2) is 4.98 Å². The van der Waals surface area contributed by atoms with E-state index in [1.54, 1.807) is 23.8 Å². The van der Waals surface area contributed by atoms with Gasteiger partial charge in [0.05, 0.1) is 12.8 Å². The Balaban J connectivity index is 2.65. The molecule has 2 heterocycles. The van der Waals surface area contributed by atoms with Gasteiger partial charge in [0, 0.05) is 23.5 Å². The molecule has 0 saturated carbocycles. The van der Waals surface area contributed by atoms with Gasteiger partial charge in [0.15, 0.2) is 6.29 Å². The van der Waals surface area contributed by atoms with Gasteiger partial charge >= 0.3 is 0 Å². The van der Waals surface area contributed by atoms with Crippen molar-refractivity contribution >= 4 is 17.6 Å². The molecule has 0 aliphatic heterocycles. The van der Waals surface area contributed by atoms with Crippen LogP contribution in [0.15, 0.2) is 18.8 Å². The molecule has 0 N–H and O–H groups in total. The molecule has 5 nitrogen and oxygen atoms in total. The van der Waals surface area contributed by atoms with Crippen LogP contribution in [0.1, 0.15) is 11.4 Å². The first-order valence-corrected chi connectivity index (χ1v) is 4.71. The second-order valence-electron chi connectivity index (χ2n) is 3.38. The van der Waals surface area contributed by atoms with Gasteiger partial charge in [-0.15, -0.1) is 0 Å². The summed E-state index contributed by atoms with van der Waals surface area (Å²) in [6.07, 6.45) is 2.40. The van der Waals surface area contributed by atoms with Crippen molar-refractivity contribution in [3.05, 3.63) is 30.2 Å². The molecule has 0 bridgehead atoms. The van der Waals surface area contributed by atoms with Gasteiger partial charge in [-0.05, 0) is 6.92 Å². The Morgan fingerprint density at radius 2 is 2.31 bits per heavy atom. The zero-order chi connectivity index (χ0) is 11.7. The molecule has 5 heteroatoms. The maximum Gasteiger partial charge on any atom is 0.237 e. The minimum Gasteiger partial charge on any atom is -0.481 e. The number of allylic oxidation sites excluding steroid dienone is 1. The van der Waals surface area contributed by atoms with E-state index in [4.69, 9.17) is 4.74 Å². The second-order valence-corrected chi connectivity index (χ2v) is 3.38. The largest absolute Gasteiger partial charge is 0.481 e. The second kappa shape index (κ2) is 3.77. The van der Waals surface area contributed by atoms with Crippen LogP contribution in [-0.4, -0.2) is 27.8 Å². The lowest BCUT2D eigenvalue weighted by atomic mass is 10.3. The van der Waals surface area contributed by atoms with E-state index in [2.05, 4.69) is 16.5 Å². The number of aryl methyl sites for hydroxylation is 1. The Morgan fingerprint density at radius 1 is 1.56 bits per heavy atom. The zero-order valence-electron chi connectivity index (χ0n) is 9.10. The molecule has 0 aromatic carbocycles. The first kappa shape index (κ1) is 10.4. The first-order valence-electron chi connectivity index (χ1n) is 4.71. The van der Waals surface area contributed by atoms with Crippen molar-refractivity contribution in [3.8, 4) is 5.88 Å². The SMILES string of the molecule is C=C(C=O)c1cn2c(C)cc(OC)nc2n1.